The average molecular weight is 441 g/mol. The Kier molecular flexibility index (Phi) is 5.14. The van der Waals surface area contributed by atoms with Gasteiger partial charge in [-0.2, -0.15) is 0 Å². The van der Waals surface area contributed by atoms with Crippen molar-refractivity contribution in [3.8, 4) is 21.2 Å². The van der Waals surface area contributed by atoms with Gasteiger partial charge in [0.05, 0.1) is 4.88 Å². The third-order valence-corrected chi connectivity index (χ3v) is 7.10. The highest BCUT2D eigenvalue weighted by Gasteiger charge is 2.29. The number of aromatic nitrogens is 3. The molecule has 152 valence electrons. The van der Waals surface area contributed by atoms with Crippen molar-refractivity contribution < 1.29 is 13.7 Å². The average Bonchev–Trinajstić information content (AvgIpc) is 3.55. The van der Waals surface area contributed by atoms with Crippen LogP contribution in [0.25, 0.3) is 21.2 Å². The maximum absolute atomic E-state index is 14.1. The molecule has 5 rings (SSSR count). The predicted octanol–water partition coefficient (Wildman–Crippen LogP) is 5.08. The van der Waals surface area contributed by atoms with Crippen molar-refractivity contribution in [1.82, 2.24) is 20.3 Å². The fourth-order valence-electron chi connectivity index (χ4n) is 3.58. The highest BCUT2D eigenvalue weighted by molar-refractivity contribution is 7.14. The van der Waals surface area contributed by atoms with Gasteiger partial charge in [0.2, 0.25) is 0 Å². The Labute approximate surface area is 180 Å². The Morgan fingerprint density at radius 2 is 2.10 bits per heavy atom. The molecule has 6 nitrogen and oxygen atoms in total. The Hall–Kier alpha value is -2.91. The van der Waals surface area contributed by atoms with Gasteiger partial charge < -0.3 is 9.42 Å². The van der Waals surface area contributed by atoms with E-state index in [2.05, 4.69) is 15.4 Å². The second kappa shape index (κ2) is 8.08. The van der Waals surface area contributed by atoms with Crippen LogP contribution in [0.5, 0.6) is 0 Å². The van der Waals surface area contributed by atoms with Gasteiger partial charge in [0.15, 0.2) is 16.5 Å². The van der Waals surface area contributed by atoms with Crippen LogP contribution in [0.3, 0.4) is 0 Å². The molecule has 1 atom stereocenters. The summed E-state index contributed by atoms with van der Waals surface area (Å²) in [6.07, 6.45) is 1.77. The van der Waals surface area contributed by atoms with E-state index >= 15 is 0 Å². The second-order valence-corrected chi connectivity index (χ2v) is 9.03. The van der Waals surface area contributed by atoms with E-state index in [0.717, 1.165) is 22.7 Å². The third kappa shape index (κ3) is 3.66. The lowest BCUT2D eigenvalue weighted by Crippen LogP contribution is -2.39. The molecule has 1 unspecified atom stereocenters. The molecular weight excluding hydrogens is 423 g/mol. The molecule has 0 aliphatic carbocycles. The molecule has 0 saturated carbocycles. The zero-order chi connectivity index (χ0) is 20.5. The van der Waals surface area contributed by atoms with E-state index in [9.17, 15) is 9.18 Å². The van der Waals surface area contributed by atoms with E-state index in [1.165, 1.54) is 28.7 Å². The summed E-state index contributed by atoms with van der Waals surface area (Å²) in [5.74, 6) is 0.211. The van der Waals surface area contributed by atoms with E-state index in [0.29, 0.717) is 35.1 Å². The lowest BCUT2D eigenvalue weighted by Gasteiger charge is -2.30. The number of hydrogen-bond acceptors (Lipinski definition) is 7. The second-order valence-electron chi connectivity index (χ2n) is 7.07. The highest BCUT2D eigenvalue weighted by atomic mass is 32.1. The van der Waals surface area contributed by atoms with Crippen molar-refractivity contribution in [3.05, 3.63) is 64.4 Å². The van der Waals surface area contributed by atoms with Crippen LogP contribution in [0, 0.1) is 5.82 Å². The van der Waals surface area contributed by atoms with Gasteiger partial charge in [-0.25, -0.2) is 4.39 Å². The van der Waals surface area contributed by atoms with Crippen LogP contribution in [-0.4, -0.2) is 39.3 Å². The minimum absolute atomic E-state index is 0.0735. The SMILES string of the molecule is O=C(c1cc(-c2cccs2)on1)N1CCCC(c2nnc(-c3ccccc3F)s2)C1. The minimum atomic E-state index is -0.312. The quantitative estimate of drug-likeness (QED) is 0.442. The first-order valence-electron chi connectivity index (χ1n) is 9.57. The number of likely N-dealkylation sites (tertiary alicyclic amines) is 1. The summed E-state index contributed by atoms with van der Waals surface area (Å²) in [4.78, 5) is 15.7. The number of carbonyl (C=O) groups excluding carboxylic acids is 1. The molecule has 1 fully saturated rings. The molecule has 9 heteroatoms. The molecule has 0 N–H and O–H groups in total. The molecule has 1 amide bonds. The molecule has 0 bridgehead atoms. The van der Waals surface area contributed by atoms with Gasteiger partial charge in [-0.05, 0) is 36.4 Å². The standard InChI is InChI=1S/C21H17FN4O2S2/c22-15-7-2-1-6-14(15)20-24-23-19(30-20)13-5-3-9-26(12-13)21(27)16-11-17(28-25-16)18-8-4-10-29-18/h1-2,4,6-8,10-11,13H,3,5,9,12H2. The van der Waals surface area contributed by atoms with Crippen LogP contribution in [0.2, 0.25) is 0 Å². The summed E-state index contributed by atoms with van der Waals surface area (Å²) in [6, 6.07) is 12.1. The van der Waals surface area contributed by atoms with Crippen molar-refractivity contribution in [2.75, 3.05) is 13.1 Å². The number of thiophene rings is 1. The van der Waals surface area contributed by atoms with Crippen LogP contribution in [-0.2, 0) is 0 Å². The highest BCUT2D eigenvalue weighted by Crippen LogP contribution is 2.34. The summed E-state index contributed by atoms with van der Waals surface area (Å²) >= 11 is 2.92. The molecule has 30 heavy (non-hydrogen) atoms. The Morgan fingerprint density at radius 1 is 1.20 bits per heavy atom. The summed E-state index contributed by atoms with van der Waals surface area (Å²) in [5, 5.41) is 15.8. The maximum Gasteiger partial charge on any atom is 0.276 e. The van der Waals surface area contributed by atoms with Gasteiger partial charge in [0.1, 0.15) is 10.8 Å². The van der Waals surface area contributed by atoms with Gasteiger partial charge in [-0.1, -0.05) is 34.7 Å². The van der Waals surface area contributed by atoms with Crippen LogP contribution >= 0.6 is 22.7 Å². The van der Waals surface area contributed by atoms with Gasteiger partial charge in [0, 0.05) is 30.6 Å². The maximum atomic E-state index is 14.1. The minimum Gasteiger partial charge on any atom is -0.355 e. The predicted molar refractivity (Wildman–Crippen MR) is 113 cm³/mol. The normalized spacial score (nSPS) is 16.7. The molecule has 1 saturated heterocycles. The number of hydrogen-bond donors (Lipinski definition) is 0. The van der Waals surface area contributed by atoms with Gasteiger partial charge >= 0.3 is 0 Å². The lowest BCUT2D eigenvalue weighted by atomic mass is 9.98. The van der Waals surface area contributed by atoms with Crippen LogP contribution in [0.15, 0.2) is 52.4 Å². The summed E-state index contributed by atoms with van der Waals surface area (Å²) in [7, 11) is 0. The third-order valence-electron chi connectivity index (χ3n) is 5.10. The summed E-state index contributed by atoms with van der Waals surface area (Å²) < 4.78 is 19.4. The number of rotatable bonds is 4. The number of nitrogens with zero attached hydrogens (tertiary/aromatic N) is 4. The zero-order valence-corrected chi connectivity index (χ0v) is 17.5. The number of piperidine rings is 1. The van der Waals surface area contributed by atoms with Crippen molar-refractivity contribution in [2.45, 2.75) is 18.8 Å². The van der Waals surface area contributed by atoms with E-state index in [-0.39, 0.29) is 17.6 Å². The summed E-state index contributed by atoms with van der Waals surface area (Å²) in [5.41, 5.74) is 0.761. The van der Waals surface area contributed by atoms with E-state index in [1.54, 1.807) is 29.2 Å². The molecule has 1 aliphatic rings. The van der Waals surface area contributed by atoms with E-state index in [1.807, 2.05) is 17.5 Å². The monoisotopic (exact) mass is 440 g/mol. The largest absolute Gasteiger partial charge is 0.355 e. The van der Waals surface area contributed by atoms with Crippen molar-refractivity contribution in [1.29, 1.82) is 0 Å². The molecular formula is C21H17FN4O2S2. The first kappa shape index (κ1) is 19.1. The zero-order valence-electron chi connectivity index (χ0n) is 15.8. The molecule has 4 heterocycles. The fraction of sp³-hybridized carbons (Fsp3) is 0.238. The van der Waals surface area contributed by atoms with E-state index in [4.69, 9.17) is 4.52 Å². The first-order valence-corrected chi connectivity index (χ1v) is 11.3. The number of carbonyl (C=O) groups is 1. The van der Waals surface area contributed by atoms with Crippen molar-refractivity contribution >= 4 is 28.6 Å². The Balaban J connectivity index is 1.32. The van der Waals surface area contributed by atoms with Crippen LogP contribution in [0.4, 0.5) is 4.39 Å². The van der Waals surface area contributed by atoms with Gasteiger partial charge in [-0.15, -0.1) is 21.5 Å². The van der Waals surface area contributed by atoms with E-state index < -0.39 is 0 Å². The smallest absolute Gasteiger partial charge is 0.276 e. The van der Waals surface area contributed by atoms with Gasteiger partial charge in [-0.3, -0.25) is 4.79 Å². The first-order chi connectivity index (χ1) is 14.7. The summed E-state index contributed by atoms with van der Waals surface area (Å²) in [6.45, 7) is 1.20. The molecule has 3 aromatic heterocycles. The number of benzene rings is 1. The number of halogens is 1. The van der Waals surface area contributed by atoms with Crippen molar-refractivity contribution in [3.63, 3.8) is 0 Å². The molecule has 0 spiro atoms. The van der Waals surface area contributed by atoms with Gasteiger partial charge in [0.25, 0.3) is 5.91 Å². The lowest BCUT2D eigenvalue weighted by molar-refractivity contribution is 0.0696. The molecule has 0 radical (unpaired) electrons. The Bertz CT molecular complexity index is 1170. The Morgan fingerprint density at radius 3 is 2.93 bits per heavy atom. The molecule has 1 aliphatic heterocycles. The molecule has 1 aromatic carbocycles. The topological polar surface area (TPSA) is 72.1 Å². The van der Waals surface area contributed by atoms with Crippen LogP contribution < -0.4 is 0 Å². The van der Waals surface area contributed by atoms with Crippen LogP contribution in [0.1, 0.15) is 34.3 Å². The fourth-order valence-corrected chi connectivity index (χ4v) is 5.25. The van der Waals surface area contributed by atoms with Crippen molar-refractivity contribution in [2.24, 2.45) is 0 Å². The number of amides is 1. The molecule has 4 aromatic rings.